The van der Waals surface area contributed by atoms with Crippen molar-refractivity contribution in [3.05, 3.63) is 18.2 Å². The minimum atomic E-state index is -0.979. The van der Waals surface area contributed by atoms with Gasteiger partial charge in [-0.2, -0.15) is 0 Å². The summed E-state index contributed by atoms with van der Waals surface area (Å²) in [6.45, 7) is 3.61. The van der Waals surface area contributed by atoms with Gasteiger partial charge in [0.05, 0.1) is 12.0 Å². The predicted octanol–water partition coefficient (Wildman–Crippen LogP) is 0.797. The normalized spacial score (nSPS) is 13.9. The van der Waals surface area contributed by atoms with Crippen LogP contribution in [0.4, 0.5) is 0 Å². The molecule has 0 saturated carbocycles. The number of nitrogens with zero attached hydrogens (tertiary/aromatic N) is 2. The SMILES string of the molecule is COC(C(=O)O)C(C)(C)c1cn(C)cn1. The van der Waals surface area contributed by atoms with Gasteiger partial charge in [0.1, 0.15) is 0 Å². The van der Waals surface area contributed by atoms with Gasteiger partial charge in [0.2, 0.25) is 0 Å². The summed E-state index contributed by atoms with van der Waals surface area (Å²) in [6, 6.07) is 0. The van der Waals surface area contributed by atoms with Gasteiger partial charge in [0, 0.05) is 25.8 Å². The van der Waals surface area contributed by atoms with Crippen LogP contribution in [-0.2, 0) is 22.0 Å². The van der Waals surface area contributed by atoms with Gasteiger partial charge in [-0.3, -0.25) is 0 Å². The Bertz CT molecular complexity index is 357. The Kier molecular flexibility index (Phi) is 3.14. The molecule has 1 unspecified atom stereocenters. The third-order valence-electron chi connectivity index (χ3n) is 2.48. The summed E-state index contributed by atoms with van der Waals surface area (Å²) in [4.78, 5) is 15.2. The van der Waals surface area contributed by atoms with Crippen molar-refractivity contribution in [2.45, 2.75) is 25.4 Å². The number of aliphatic carboxylic acids is 1. The van der Waals surface area contributed by atoms with E-state index in [1.54, 1.807) is 30.9 Å². The van der Waals surface area contributed by atoms with Crippen LogP contribution in [0.15, 0.2) is 12.5 Å². The maximum absolute atomic E-state index is 11.0. The molecule has 1 N–H and O–H groups in total. The van der Waals surface area contributed by atoms with Crippen molar-refractivity contribution in [1.82, 2.24) is 9.55 Å². The Morgan fingerprint density at radius 3 is 2.60 bits per heavy atom. The standard InChI is InChI=1S/C10H16N2O3/c1-10(2,8(15-4)9(13)14)7-5-12(3)6-11-7/h5-6,8H,1-4H3,(H,13,14). The molecular formula is C10H16N2O3. The highest BCUT2D eigenvalue weighted by atomic mass is 16.5. The fraction of sp³-hybridized carbons (Fsp3) is 0.600. The molecule has 15 heavy (non-hydrogen) atoms. The van der Waals surface area contributed by atoms with Crippen LogP contribution in [0.3, 0.4) is 0 Å². The van der Waals surface area contributed by atoms with E-state index in [1.807, 2.05) is 7.05 Å². The predicted molar refractivity (Wildman–Crippen MR) is 54.7 cm³/mol. The number of imidazole rings is 1. The summed E-state index contributed by atoms with van der Waals surface area (Å²) in [5.41, 5.74) is 0.0567. The Hall–Kier alpha value is -1.36. The molecule has 5 heteroatoms. The van der Waals surface area contributed by atoms with Crippen LogP contribution in [-0.4, -0.2) is 33.8 Å². The molecule has 0 aromatic carbocycles. The molecule has 0 radical (unpaired) electrons. The molecule has 1 atom stereocenters. The first-order valence-electron chi connectivity index (χ1n) is 4.63. The van der Waals surface area contributed by atoms with E-state index in [2.05, 4.69) is 4.98 Å². The number of methoxy groups -OCH3 is 1. The lowest BCUT2D eigenvalue weighted by molar-refractivity contribution is -0.152. The average molecular weight is 212 g/mol. The third-order valence-corrected chi connectivity index (χ3v) is 2.48. The lowest BCUT2D eigenvalue weighted by Gasteiger charge is -2.28. The van der Waals surface area contributed by atoms with Crippen molar-refractivity contribution < 1.29 is 14.6 Å². The first-order valence-corrected chi connectivity index (χ1v) is 4.63. The quantitative estimate of drug-likeness (QED) is 0.801. The van der Waals surface area contributed by atoms with Crippen molar-refractivity contribution in [3.8, 4) is 0 Å². The van der Waals surface area contributed by atoms with Crippen molar-refractivity contribution >= 4 is 5.97 Å². The highest BCUT2D eigenvalue weighted by Gasteiger charge is 2.38. The smallest absolute Gasteiger partial charge is 0.333 e. The number of carboxylic acid groups (broad SMARTS) is 1. The molecule has 1 heterocycles. The van der Waals surface area contributed by atoms with E-state index < -0.39 is 17.5 Å². The minimum Gasteiger partial charge on any atom is -0.479 e. The second-order valence-corrected chi connectivity index (χ2v) is 4.10. The van der Waals surface area contributed by atoms with Crippen LogP contribution < -0.4 is 0 Å². The molecule has 0 saturated heterocycles. The lowest BCUT2D eigenvalue weighted by atomic mass is 9.83. The maximum atomic E-state index is 11.0. The molecule has 0 fully saturated rings. The molecule has 0 aliphatic rings. The molecule has 0 aliphatic carbocycles. The summed E-state index contributed by atoms with van der Waals surface area (Å²) in [6.07, 6.45) is 2.55. The average Bonchev–Trinajstić information content (AvgIpc) is 2.52. The van der Waals surface area contributed by atoms with Crippen LogP contribution in [0.25, 0.3) is 0 Å². The van der Waals surface area contributed by atoms with E-state index in [0.29, 0.717) is 5.69 Å². The molecule has 0 bridgehead atoms. The van der Waals surface area contributed by atoms with Crippen LogP contribution in [0.2, 0.25) is 0 Å². The van der Waals surface area contributed by atoms with E-state index in [1.165, 1.54) is 7.11 Å². The Morgan fingerprint density at radius 1 is 1.67 bits per heavy atom. The molecule has 5 nitrogen and oxygen atoms in total. The zero-order valence-electron chi connectivity index (χ0n) is 9.39. The number of rotatable bonds is 4. The minimum absolute atomic E-state index is 0.651. The molecule has 0 spiro atoms. The number of aryl methyl sites for hydroxylation is 1. The van der Waals surface area contributed by atoms with Gasteiger partial charge < -0.3 is 14.4 Å². The Labute approximate surface area is 88.7 Å². The summed E-state index contributed by atoms with van der Waals surface area (Å²) in [5.74, 6) is -0.979. The Balaban J connectivity index is 3.04. The second kappa shape index (κ2) is 4.02. The molecular weight excluding hydrogens is 196 g/mol. The van der Waals surface area contributed by atoms with Crippen LogP contribution in [0.1, 0.15) is 19.5 Å². The van der Waals surface area contributed by atoms with Gasteiger partial charge in [0.15, 0.2) is 6.10 Å². The summed E-state index contributed by atoms with van der Waals surface area (Å²) in [7, 11) is 3.23. The van der Waals surface area contributed by atoms with Gasteiger partial charge >= 0.3 is 5.97 Å². The van der Waals surface area contributed by atoms with Crippen molar-refractivity contribution in [2.24, 2.45) is 7.05 Å². The largest absolute Gasteiger partial charge is 0.479 e. The van der Waals surface area contributed by atoms with Gasteiger partial charge in [-0.25, -0.2) is 9.78 Å². The topological polar surface area (TPSA) is 64.3 Å². The van der Waals surface area contributed by atoms with Crippen molar-refractivity contribution in [2.75, 3.05) is 7.11 Å². The number of aromatic nitrogens is 2. The maximum Gasteiger partial charge on any atom is 0.333 e. The van der Waals surface area contributed by atoms with Gasteiger partial charge in [0.25, 0.3) is 0 Å². The first-order chi connectivity index (χ1) is 6.89. The van der Waals surface area contributed by atoms with Crippen molar-refractivity contribution in [3.63, 3.8) is 0 Å². The van der Waals surface area contributed by atoms with Gasteiger partial charge in [-0.15, -0.1) is 0 Å². The van der Waals surface area contributed by atoms with Crippen LogP contribution in [0.5, 0.6) is 0 Å². The van der Waals surface area contributed by atoms with E-state index in [4.69, 9.17) is 9.84 Å². The zero-order chi connectivity index (χ0) is 11.6. The monoisotopic (exact) mass is 212 g/mol. The highest BCUT2D eigenvalue weighted by molar-refractivity contribution is 5.74. The Morgan fingerprint density at radius 2 is 2.27 bits per heavy atom. The third kappa shape index (κ3) is 2.18. The molecule has 0 aliphatic heterocycles. The molecule has 1 aromatic heterocycles. The zero-order valence-corrected chi connectivity index (χ0v) is 9.39. The number of hydrogen-bond donors (Lipinski definition) is 1. The fourth-order valence-corrected chi connectivity index (χ4v) is 1.58. The number of hydrogen-bond acceptors (Lipinski definition) is 3. The summed E-state index contributed by atoms with van der Waals surface area (Å²) < 4.78 is 6.77. The van der Waals surface area contributed by atoms with Crippen molar-refractivity contribution in [1.29, 1.82) is 0 Å². The number of carboxylic acids is 1. The van der Waals surface area contributed by atoms with E-state index in [-0.39, 0.29) is 0 Å². The molecule has 1 rings (SSSR count). The van der Waals surface area contributed by atoms with Crippen LogP contribution in [0, 0.1) is 0 Å². The highest BCUT2D eigenvalue weighted by Crippen LogP contribution is 2.27. The molecule has 1 aromatic rings. The summed E-state index contributed by atoms with van der Waals surface area (Å²) >= 11 is 0. The summed E-state index contributed by atoms with van der Waals surface area (Å²) in [5, 5.41) is 9.02. The number of ether oxygens (including phenoxy) is 1. The van der Waals surface area contributed by atoms with Gasteiger partial charge in [-0.1, -0.05) is 13.8 Å². The van der Waals surface area contributed by atoms with Crippen LogP contribution >= 0.6 is 0 Å². The van der Waals surface area contributed by atoms with E-state index in [0.717, 1.165) is 0 Å². The van der Waals surface area contributed by atoms with E-state index >= 15 is 0 Å². The van der Waals surface area contributed by atoms with Gasteiger partial charge in [-0.05, 0) is 0 Å². The number of carbonyl (C=O) groups is 1. The van der Waals surface area contributed by atoms with E-state index in [9.17, 15) is 4.79 Å². The second-order valence-electron chi connectivity index (χ2n) is 4.10. The lowest BCUT2D eigenvalue weighted by Crippen LogP contribution is -2.41. The molecule has 84 valence electrons. The fourth-order valence-electron chi connectivity index (χ4n) is 1.58. The molecule has 0 amide bonds. The first kappa shape index (κ1) is 11.7.